The van der Waals surface area contributed by atoms with Crippen molar-refractivity contribution >= 4 is 17.9 Å². The Morgan fingerprint density at radius 3 is 2.48 bits per heavy atom. The van der Waals surface area contributed by atoms with Gasteiger partial charge in [0.15, 0.2) is 11.5 Å². The molecule has 1 saturated heterocycles. The van der Waals surface area contributed by atoms with E-state index in [9.17, 15) is 14.4 Å². The predicted octanol–water partition coefficient (Wildman–Crippen LogP) is 2.70. The highest BCUT2D eigenvalue weighted by atomic mass is 16.7. The lowest BCUT2D eigenvalue weighted by Gasteiger charge is -2.31. The minimum atomic E-state index is -0.318. The van der Waals surface area contributed by atoms with Crippen LogP contribution < -0.4 is 20.1 Å². The van der Waals surface area contributed by atoms with E-state index in [-0.39, 0.29) is 30.7 Å². The van der Waals surface area contributed by atoms with Crippen LogP contribution in [0.2, 0.25) is 0 Å². The summed E-state index contributed by atoms with van der Waals surface area (Å²) < 4.78 is 15.7. The number of amides is 3. The average molecular weight is 453 g/mol. The van der Waals surface area contributed by atoms with E-state index in [1.165, 1.54) is 0 Å². The molecule has 2 aromatic carbocycles. The van der Waals surface area contributed by atoms with Crippen molar-refractivity contribution in [3.8, 4) is 11.5 Å². The Hall–Kier alpha value is -3.75. The van der Waals surface area contributed by atoms with Crippen LogP contribution in [0.1, 0.15) is 46.0 Å². The zero-order chi connectivity index (χ0) is 23.2. The van der Waals surface area contributed by atoms with E-state index in [4.69, 9.17) is 14.2 Å². The molecule has 0 aromatic heterocycles. The number of carbonyl (C=O) groups is 3. The van der Waals surface area contributed by atoms with E-state index in [1.54, 1.807) is 36.1 Å². The number of hydrogen-bond acceptors (Lipinski definition) is 6. The standard InChI is InChI=1S/C24H27N3O6/c1-2-31-24(30)27-10-8-19(9-11-27)26-23(29)18-5-3-4-17(13-18)22(28)25-14-16-6-7-20-21(12-16)33-15-32-20/h3-7,12-13,19H,2,8-11,14-15H2,1H3,(H,25,28)(H,26,29). The van der Waals surface area contributed by atoms with Gasteiger partial charge in [0.05, 0.1) is 6.61 Å². The monoisotopic (exact) mass is 453 g/mol. The van der Waals surface area contributed by atoms with Crippen molar-refractivity contribution < 1.29 is 28.6 Å². The number of benzene rings is 2. The minimum absolute atomic E-state index is 0.0355. The SMILES string of the molecule is CCOC(=O)N1CCC(NC(=O)c2cccc(C(=O)NCc3ccc4c(c3)OCO4)c2)CC1. The zero-order valence-corrected chi connectivity index (χ0v) is 18.5. The van der Waals surface area contributed by atoms with E-state index < -0.39 is 0 Å². The van der Waals surface area contributed by atoms with Gasteiger partial charge in [-0.25, -0.2) is 4.79 Å². The lowest BCUT2D eigenvalue weighted by atomic mass is 10.0. The number of nitrogens with zero attached hydrogens (tertiary/aromatic N) is 1. The number of hydrogen-bond donors (Lipinski definition) is 2. The molecule has 0 aliphatic carbocycles. The highest BCUT2D eigenvalue weighted by Crippen LogP contribution is 2.32. The highest BCUT2D eigenvalue weighted by Gasteiger charge is 2.25. The van der Waals surface area contributed by atoms with Crippen LogP contribution in [0.15, 0.2) is 42.5 Å². The Labute approximate surface area is 192 Å². The summed E-state index contributed by atoms with van der Waals surface area (Å²) in [5.74, 6) is 0.837. The maximum absolute atomic E-state index is 12.7. The Morgan fingerprint density at radius 1 is 1.00 bits per heavy atom. The lowest BCUT2D eigenvalue weighted by molar-refractivity contribution is 0.0859. The molecule has 33 heavy (non-hydrogen) atoms. The Morgan fingerprint density at radius 2 is 1.73 bits per heavy atom. The molecule has 9 heteroatoms. The number of carbonyl (C=O) groups excluding carboxylic acids is 3. The second kappa shape index (κ2) is 10.2. The summed E-state index contributed by atoms with van der Waals surface area (Å²) in [4.78, 5) is 38.8. The second-order valence-electron chi connectivity index (χ2n) is 7.88. The first kappa shape index (κ1) is 22.4. The summed E-state index contributed by atoms with van der Waals surface area (Å²) in [7, 11) is 0. The van der Waals surface area contributed by atoms with Gasteiger partial charge >= 0.3 is 6.09 Å². The van der Waals surface area contributed by atoms with Crippen LogP contribution in [0.3, 0.4) is 0 Å². The fourth-order valence-electron chi connectivity index (χ4n) is 3.83. The average Bonchev–Trinajstić information content (AvgIpc) is 3.31. The van der Waals surface area contributed by atoms with E-state index in [0.29, 0.717) is 61.7 Å². The van der Waals surface area contributed by atoms with Gasteiger partial charge in [-0.2, -0.15) is 0 Å². The molecule has 9 nitrogen and oxygen atoms in total. The van der Waals surface area contributed by atoms with E-state index in [1.807, 2.05) is 18.2 Å². The first-order valence-electron chi connectivity index (χ1n) is 11.0. The summed E-state index contributed by atoms with van der Waals surface area (Å²) in [5, 5.41) is 5.86. The van der Waals surface area contributed by atoms with E-state index >= 15 is 0 Å². The molecule has 4 rings (SSSR count). The fraction of sp³-hybridized carbons (Fsp3) is 0.375. The van der Waals surface area contributed by atoms with Crippen molar-refractivity contribution in [1.82, 2.24) is 15.5 Å². The van der Waals surface area contributed by atoms with Gasteiger partial charge in [-0.1, -0.05) is 12.1 Å². The molecule has 3 amide bonds. The molecule has 174 valence electrons. The highest BCUT2D eigenvalue weighted by molar-refractivity contribution is 5.99. The van der Waals surface area contributed by atoms with Crippen LogP contribution in [-0.2, 0) is 11.3 Å². The van der Waals surface area contributed by atoms with Crippen LogP contribution in [0.4, 0.5) is 4.79 Å². The maximum Gasteiger partial charge on any atom is 0.409 e. The van der Waals surface area contributed by atoms with Gasteiger partial charge in [-0.15, -0.1) is 0 Å². The van der Waals surface area contributed by atoms with Crippen molar-refractivity contribution in [2.24, 2.45) is 0 Å². The molecule has 2 aliphatic heterocycles. The third kappa shape index (κ3) is 5.54. The quantitative estimate of drug-likeness (QED) is 0.697. The molecule has 0 saturated carbocycles. The van der Waals surface area contributed by atoms with Crippen LogP contribution >= 0.6 is 0 Å². The van der Waals surface area contributed by atoms with Crippen molar-refractivity contribution in [3.63, 3.8) is 0 Å². The molecule has 2 N–H and O–H groups in total. The largest absolute Gasteiger partial charge is 0.454 e. The normalized spacial score (nSPS) is 15.1. The van der Waals surface area contributed by atoms with Crippen molar-refractivity contribution in [1.29, 1.82) is 0 Å². The van der Waals surface area contributed by atoms with Gasteiger partial charge in [-0.05, 0) is 55.7 Å². The van der Waals surface area contributed by atoms with E-state index in [2.05, 4.69) is 10.6 Å². The molecular formula is C24H27N3O6. The van der Waals surface area contributed by atoms with Crippen molar-refractivity contribution in [3.05, 3.63) is 59.2 Å². The summed E-state index contributed by atoms with van der Waals surface area (Å²) >= 11 is 0. The van der Waals surface area contributed by atoms with Crippen LogP contribution in [0.25, 0.3) is 0 Å². The van der Waals surface area contributed by atoms with Crippen molar-refractivity contribution in [2.75, 3.05) is 26.5 Å². The van der Waals surface area contributed by atoms with Crippen molar-refractivity contribution in [2.45, 2.75) is 32.4 Å². The maximum atomic E-state index is 12.7. The first-order valence-corrected chi connectivity index (χ1v) is 11.0. The Bertz CT molecular complexity index is 1030. The third-order valence-corrected chi connectivity index (χ3v) is 5.63. The summed E-state index contributed by atoms with van der Waals surface area (Å²) in [6.07, 6.45) is 0.988. The zero-order valence-electron chi connectivity index (χ0n) is 18.5. The minimum Gasteiger partial charge on any atom is -0.454 e. The topological polar surface area (TPSA) is 106 Å². The number of nitrogens with one attached hydrogen (secondary N) is 2. The van der Waals surface area contributed by atoms with Gasteiger partial charge in [0.1, 0.15) is 0 Å². The second-order valence-corrected chi connectivity index (χ2v) is 7.88. The molecule has 2 heterocycles. The molecular weight excluding hydrogens is 426 g/mol. The predicted molar refractivity (Wildman–Crippen MR) is 119 cm³/mol. The van der Waals surface area contributed by atoms with Crippen LogP contribution in [-0.4, -0.2) is 55.3 Å². The van der Waals surface area contributed by atoms with Gasteiger partial charge < -0.3 is 29.7 Å². The molecule has 2 aromatic rings. The molecule has 0 spiro atoms. The Kier molecular flexibility index (Phi) is 6.97. The lowest BCUT2D eigenvalue weighted by Crippen LogP contribution is -2.46. The third-order valence-electron chi connectivity index (χ3n) is 5.63. The first-order chi connectivity index (χ1) is 16.0. The number of likely N-dealkylation sites (tertiary alicyclic amines) is 1. The molecule has 2 aliphatic rings. The molecule has 1 fully saturated rings. The molecule has 0 bridgehead atoms. The van der Waals surface area contributed by atoms with Gasteiger partial charge in [0.25, 0.3) is 11.8 Å². The summed E-state index contributed by atoms with van der Waals surface area (Å²) in [6.45, 7) is 3.71. The molecule has 0 radical (unpaired) electrons. The number of piperidine rings is 1. The summed E-state index contributed by atoms with van der Waals surface area (Å²) in [5.41, 5.74) is 1.70. The fourth-order valence-corrected chi connectivity index (χ4v) is 3.83. The number of rotatable bonds is 6. The Balaban J connectivity index is 1.29. The number of fused-ring (bicyclic) bond motifs is 1. The number of ether oxygens (including phenoxy) is 3. The van der Waals surface area contributed by atoms with Gasteiger partial charge in [-0.3, -0.25) is 9.59 Å². The molecule has 0 unspecified atom stereocenters. The smallest absolute Gasteiger partial charge is 0.409 e. The van der Waals surface area contributed by atoms with Crippen LogP contribution in [0, 0.1) is 0 Å². The van der Waals surface area contributed by atoms with Gasteiger partial charge in [0, 0.05) is 36.8 Å². The van der Waals surface area contributed by atoms with Gasteiger partial charge in [0.2, 0.25) is 6.79 Å². The van der Waals surface area contributed by atoms with E-state index in [0.717, 1.165) is 5.56 Å². The van der Waals surface area contributed by atoms with Crippen LogP contribution in [0.5, 0.6) is 11.5 Å². The summed E-state index contributed by atoms with van der Waals surface area (Å²) in [6, 6.07) is 12.1. The molecule has 0 atom stereocenters.